The SMILES string of the molecule is CC(C)(C)OC(=O)Nc1cccc(OCCNC(=O)CCc2ccco2)c1. The zero-order valence-corrected chi connectivity index (χ0v) is 15.9. The third-order valence-corrected chi connectivity index (χ3v) is 3.35. The molecular formula is C20H26N2O5. The minimum absolute atomic E-state index is 0.0599. The normalized spacial score (nSPS) is 10.9. The summed E-state index contributed by atoms with van der Waals surface area (Å²) >= 11 is 0. The summed E-state index contributed by atoms with van der Waals surface area (Å²) in [5.74, 6) is 1.32. The Bertz CT molecular complexity index is 735. The first-order valence-corrected chi connectivity index (χ1v) is 8.84. The molecule has 0 aliphatic heterocycles. The van der Waals surface area contributed by atoms with Crippen molar-refractivity contribution in [3.63, 3.8) is 0 Å². The van der Waals surface area contributed by atoms with Crippen LogP contribution in [0.1, 0.15) is 33.0 Å². The van der Waals surface area contributed by atoms with E-state index in [-0.39, 0.29) is 5.91 Å². The largest absolute Gasteiger partial charge is 0.492 e. The number of hydrogen-bond acceptors (Lipinski definition) is 5. The van der Waals surface area contributed by atoms with Crippen LogP contribution < -0.4 is 15.4 Å². The molecule has 0 unspecified atom stereocenters. The maximum atomic E-state index is 11.8. The van der Waals surface area contributed by atoms with E-state index in [9.17, 15) is 9.59 Å². The molecule has 2 N–H and O–H groups in total. The van der Waals surface area contributed by atoms with E-state index in [1.54, 1.807) is 57.4 Å². The van der Waals surface area contributed by atoms with Gasteiger partial charge in [0.05, 0.1) is 12.8 Å². The fraction of sp³-hybridized carbons (Fsp3) is 0.400. The van der Waals surface area contributed by atoms with Crippen molar-refractivity contribution in [3.05, 3.63) is 48.4 Å². The van der Waals surface area contributed by atoms with E-state index in [0.717, 1.165) is 5.76 Å². The van der Waals surface area contributed by atoms with Crippen LogP contribution in [0.25, 0.3) is 0 Å². The Morgan fingerprint density at radius 2 is 1.96 bits per heavy atom. The van der Waals surface area contributed by atoms with Crippen LogP contribution in [0.15, 0.2) is 47.1 Å². The third kappa shape index (κ3) is 8.31. The number of carbonyl (C=O) groups is 2. The fourth-order valence-electron chi connectivity index (χ4n) is 2.22. The molecule has 0 atom stereocenters. The number of hydrogen-bond donors (Lipinski definition) is 2. The monoisotopic (exact) mass is 374 g/mol. The van der Waals surface area contributed by atoms with Crippen LogP contribution in [0.5, 0.6) is 5.75 Å². The van der Waals surface area contributed by atoms with E-state index in [1.165, 1.54) is 0 Å². The van der Waals surface area contributed by atoms with Gasteiger partial charge >= 0.3 is 6.09 Å². The number of ether oxygens (including phenoxy) is 2. The molecule has 2 aromatic rings. The van der Waals surface area contributed by atoms with Gasteiger partial charge in [0.2, 0.25) is 5.91 Å². The Morgan fingerprint density at radius 1 is 1.15 bits per heavy atom. The molecule has 1 aromatic heterocycles. The minimum Gasteiger partial charge on any atom is -0.492 e. The van der Waals surface area contributed by atoms with Crippen LogP contribution >= 0.6 is 0 Å². The molecule has 7 nitrogen and oxygen atoms in total. The molecular weight excluding hydrogens is 348 g/mol. The van der Waals surface area contributed by atoms with Gasteiger partial charge in [0.15, 0.2) is 0 Å². The Labute approximate surface area is 159 Å². The van der Waals surface area contributed by atoms with E-state index in [4.69, 9.17) is 13.9 Å². The van der Waals surface area contributed by atoms with Gasteiger partial charge in [0.1, 0.15) is 23.7 Å². The van der Waals surface area contributed by atoms with Crippen LogP contribution in [0.3, 0.4) is 0 Å². The lowest BCUT2D eigenvalue weighted by atomic mass is 10.2. The Balaban J connectivity index is 1.68. The predicted octanol–water partition coefficient (Wildman–Crippen LogP) is 3.75. The second-order valence-corrected chi connectivity index (χ2v) is 6.93. The van der Waals surface area contributed by atoms with Gasteiger partial charge in [-0.2, -0.15) is 0 Å². The first-order chi connectivity index (χ1) is 12.8. The van der Waals surface area contributed by atoms with Gasteiger partial charge in [0, 0.05) is 24.6 Å². The molecule has 1 heterocycles. The van der Waals surface area contributed by atoms with Crippen LogP contribution in [0.4, 0.5) is 10.5 Å². The predicted molar refractivity (Wildman–Crippen MR) is 102 cm³/mol. The summed E-state index contributed by atoms with van der Waals surface area (Å²) in [5.41, 5.74) is 0.0112. The highest BCUT2D eigenvalue weighted by molar-refractivity contribution is 5.85. The van der Waals surface area contributed by atoms with Crippen molar-refractivity contribution in [1.29, 1.82) is 0 Å². The van der Waals surface area contributed by atoms with Crippen molar-refractivity contribution in [2.75, 3.05) is 18.5 Å². The zero-order valence-electron chi connectivity index (χ0n) is 15.9. The number of rotatable bonds is 8. The molecule has 146 valence electrons. The van der Waals surface area contributed by atoms with Gasteiger partial charge in [-0.3, -0.25) is 10.1 Å². The Hall–Kier alpha value is -2.96. The first-order valence-electron chi connectivity index (χ1n) is 8.84. The van der Waals surface area contributed by atoms with Crippen LogP contribution in [-0.2, 0) is 16.0 Å². The van der Waals surface area contributed by atoms with Crippen LogP contribution in [-0.4, -0.2) is 30.8 Å². The lowest BCUT2D eigenvalue weighted by Crippen LogP contribution is -2.28. The van der Waals surface area contributed by atoms with Crippen molar-refractivity contribution in [1.82, 2.24) is 5.32 Å². The number of carbonyl (C=O) groups excluding carboxylic acids is 2. The van der Waals surface area contributed by atoms with Gasteiger partial charge in [-0.15, -0.1) is 0 Å². The summed E-state index contributed by atoms with van der Waals surface area (Å²) in [6.45, 7) is 6.11. The van der Waals surface area contributed by atoms with Crippen molar-refractivity contribution < 1.29 is 23.5 Å². The summed E-state index contributed by atoms with van der Waals surface area (Å²) in [5, 5.41) is 5.45. The molecule has 0 aliphatic rings. The molecule has 0 fully saturated rings. The second kappa shape index (κ2) is 9.66. The molecule has 0 saturated carbocycles. The van der Waals surface area contributed by atoms with Gasteiger partial charge in [-0.25, -0.2) is 4.79 Å². The molecule has 0 saturated heterocycles. The van der Waals surface area contributed by atoms with E-state index in [1.807, 2.05) is 6.07 Å². The number of furan rings is 1. The quantitative estimate of drug-likeness (QED) is 0.687. The van der Waals surface area contributed by atoms with E-state index in [2.05, 4.69) is 10.6 Å². The number of nitrogens with one attached hydrogen (secondary N) is 2. The Kier molecular flexibility index (Phi) is 7.28. The standard InChI is InChI=1S/C20H26N2O5/c1-20(2,3)27-19(24)22-15-6-4-7-17(14-15)26-13-11-21-18(23)10-9-16-8-5-12-25-16/h4-8,12,14H,9-11,13H2,1-3H3,(H,21,23)(H,22,24). The van der Waals surface area contributed by atoms with E-state index in [0.29, 0.717) is 37.4 Å². The molecule has 0 spiro atoms. The van der Waals surface area contributed by atoms with E-state index >= 15 is 0 Å². The fourth-order valence-corrected chi connectivity index (χ4v) is 2.22. The molecule has 0 bridgehead atoms. The highest BCUT2D eigenvalue weighted by Gasteiger charge is 2.16. The molecule has 1 aromatic carbocycles. The van der Waals surface area contributed by atoms with Gasteiger partial charge in [-0.1, -0.05) is 6.07 Å². The van der Waals surface area contributed by atoms with Gasteiger partial charge in [0.25, 0.3) is 0 Å². The third-order valence-electron chi connectivity index (χ3n) is 3.35. The topological polar surface area (TPSA) is 89.8 Å². The molecule has 2 amide bonds. The minimum atomic E-state index is -0.562. The highest BCUT2D eigenvalue weighted by atomic mass is 16.6. The maximum Gasteiger partial charge on any atom is 0.412 e. The van der Waals surface area contributed by atoms with Crippen molar-refractivity contribution in [2.45, 2.75) is 39.2 Å². The van der Waals surface area contributed by atoms with Crippen molar-refractivity contribution >= 4 is 17.7 Å². The molecule has 0 radical (unpaired) electrons. The van der Waals surface area contributed by atoms with Crippen molar-refractivity contribution in [2.24, 2.45) is 0 Å². The number of amides is 2. The average Bonchev–Trinajstić information content (AvgIpc) is 3.09. The summed E-state index contributed by atoms with van der Waals surface area (Å²) in [6, 6.07) is 10.6. The summed E-state index contributed by atoms with van der Waals surface area (Å²) in [6.07, 6.45) is 2.00. The number of anilines is 1. The summed E-state index contributed by atoms with van der Waals surface area (Å²) in [4.78, 5) is 23.6. The smallest absolute Gasteiger partial charge is 0.412 e. The number of benzene rings is 1. The second-order valence-electron chi connectivity index (χ2n) is 6.93. The first kappa shape index (κ1) is 20.4. The van der Waals surface area contributed by atoms with Crippen LogP contribution in [0.2, 0.25) is 0 Å². The van der Waals surface area contributed by atoms with Gasteiger partial charge < -0.3 is 19.2 Å². The molecule has 7 heteroatoms. The van der Waals surface area contributed by atoms with E-state index < -0.39 is 11.7 Å². The molecule has 0 aliphatic carbocycles. The van der Waals surface area contributed by atoms with Crippen LogP contribution in [0, 0.1) is 0 Å². The maximum absolute atomic E-state index is 11.8. The van der Waals surface area contributed by atoms with Crippen molar-refractivity contribution in [3.8, 4) is 5.75 Å². The molecule has 2 rings (SSSR count). The average molecular weight is 374 g/mol. The number of aryl methyl sites for hydroxylation is 1. The summed E-state index contributed by atoms with van der Waals surface area (Å²) < 4.78 is 16.0. The lowest BCUT2D eigenvalue weighted by molar-refractivity contribution is -0.121. The lowest BCUT2D eigenvalue weighted by Gasteiger charge is -2.19. The Morgan fingerprint density at radius 3 is 2.67 bits per heavy atom. The highest BCUT2D eigenvalue weighted by Crippen LogP contribution is 2.18. The molecule has 27 heavy (non-hydrogen) atoms. The zero-order chi connectivity index (χ0) is 19.7. The van der Waals surface area contributed by atoms with Gasteiger partial charge in [-0.05, 0) is 45.0 Å². The summed E-state index contributed by atoms with van der Waals surface area (Å²) in [7, 11) is 0.